The van der Waals surface area contributed by atoms with E-state index in [1.54, 1.807) is 6.33 Å². The zero-order valence-corrected chi connectivity index (χ0v) is 14.9. The Morgan fingerprint density at radius 1 is 1.33 bits per heavy atom. The van der Waals surface area contributed by atoms with Gasteiger partial charge in [-0.05, 0) is 13.5 Å². The van der Waals surface area contributed by atoms with E-state index in [1.807, 2.05) is 23.4 Å². The van der Waals surface area contributed by atoms with E-state index in [2.05, 4.69) is 26.9 Å². The minimum Gasteiger partial charge on any atom is -0.368 e. The Kier molecular flexibility index (Phi) is 5.47. The van der Waals surface area contributed by atoms with Gasteiger partial charge in [0.2, 0.25) is 5.91 Å². The van der Waals surface area contributed by atoms with Crippen LogP contribution < -0.4 is 0 Å². The molecule has 2 aliphatic heterocycles. The van der Waals surface area contributed by atoms with Crippen LogP contribution in [0.5, 0.6) is 0 Å². The molecule has 3 heterocycles. The fourth-order valence-corrected chi connectivity index (χ4v) is 3.47. The molecule has 2 aliphatic rings. The van der Waals surface area contributed by atoms with Gasteiger partial charge in [0.1, 0.15) is 12.4 Å². The SMILES string of the molecule is CCN1CCN(C(=O)[C@@H](C)N2CCO[C@H](c3nncn3C)C2)CC1. The average molecular weight is 336 g/mol. The predicted molar refractivity (Wildman–Crippen MR) is 89.4 cm³/mol. The van der Waals surface area contributed by atoms with Crippen LogP contribution in [-0.4, -0.2) is 93.8 Å². The fourth-order valence-electron chi connectivity index (χ4n) is 3.47. The van der Waals surface area contributed by atoms with Crippen molar-refractivity contribution in [2.75, 3.05) is 52.4 Å². The van der Waals surface area contributed by atoms with Gasteiger partial charge in [-0.2, -0.15) is 0 Å². The number of aromatic nitrogens is 3. The maximum Gasteiger partial charge on any atom is 0.239 e. The van der Waals surface area contributed by atoms with Gasteiger partial charge in [0, 0.05) is 46.3 Å². The first-order valence-corrected chi connectivity index (χ1v) is 8.80. The Hall–Kier alpha value is -1.51. The van der Waals surface area contributed by atoms with Crippen LogP contribution in [0, 0.1) is 0 Å². The van der Waals surface area contributed by atoms with Gasteiger partial charge < -0.3 is 19.1 Å². The smallest absolute Gasteiger partial charge is 0.239 e. The highest BCUT2D eigenvalue weighted by atomic mass is 16.5. The molecule has 0 saturated carbocycles. The second kappa shape index (κ2) is 7.58. The van der Waals surface area contributed by atoms with Crippen molar-refractivity contribution in [3.8, 4) is 0 Å². The van der Waals surface area contributed by atoms with Gasteiger partial charge in [0.15, 0.2) is 5.82 Å². The molecule has 24 heavy (non-hydrogen) atoms. The van der Waals surface area contributed by atoms with E-state index in [9.17, 15) is 4.79 Å². The van der Waals surface area contributed by atoms with Crippen molar-refractivity contribution < 1.29 is 9.53 Å². The Morgan fingerprint density at radius 2 is 2.08 bits per heavy atom. The summed E-state index contributed by atoms with van der Waals surface area (Å²) in [6.07, 6.45) is 1.55. The predicted octanol–water partition coefficient (Wildman–Crippen LogP) is -0.259. The van der Waals surface area contributed by atoms with E-state index in [1.165, 1.54) is 0 Å². The summed E-state index contributed by atoms with van der Waals surface area (Å²) in [4.78, 5) is 19.4. The molecule has 2 fully saturated rings. The van der Waals surface area contributed by atoms with Crippen molar-refractivity contribution in [1.29, 1.82) is 0 Å². The van der Waals surface area contributed by atoms with Gasteiger partial charge in [-0.25, -0.2) is 0 Å². The molecule has 0 N–H and O–H groups in total. The van der Waals surface area contributed by atoms with Crippen molar-refractivity contribution in [2.24, 2.45) is 7.05 Å². The first kappa shape index (κ1) is 17.3. The van der Waals surface area contributed by atoms with Crippen molar-refractivity contribution in [3.05, 3.63) is 12.2 Å². The summed E-state index contributed by atoms with van der Waals surface area (Å²) in [6.45, 7) is 10.9. The zero-order valence-electron chi connectivity index (χ0n) is 14.9. The standard InChI is InChI=1S/C16H28N6O2/c1-4-20-5-7-21(8-6-20)16(23)13(2)22-9-10-24-14(11-22)15-18-17-12-19(15)3/h12-14H,4-11H2,1-3H3/t13-,14+/m1/s1. The Bertz CT molecular complexity index is 555. The molecule has 1 amide bonds. The molecule has 8 heteroatoms. The molecule has 1 aromatic rings. The van der Waals surface area contributed by atoms with Gasteiger partial charge in [0.05, 0.1) is 12.6 Å². The molecular formula is C16H28N6O2. The number of hydrogen-bond acceptors (Lipinski definition) is 6. The lowest BCUT2D eigenvalue weighted by atomic mass is 10.1. The van der Waals surface area contributed by atoms with E-state index >= 15 is 0 Å². The van der Waals surface area contributed by atoms with Crippen LogP contribution >= 0.6 is 0 Å². The molecule has 2 atom stereocenters. The normalized spacial score (nSPS) is 25.0. The largest absolute Gasteiger partial charge is 0.368 e. The third-order valence-electron chi connectivity index (χ3n) is 5.17. The summed E-state index contributed by atoms with van der Waals surface area (Å²) in [5.41, 5.74) is 0. The number of carbonyl (C=O) groups is 1. The summed E-state index contributed by atoms with van der Waals surface area (Å²) >= 11 is 0. The van der Waals surface area contributed by atoms with E-state index < -0.39 is 0 Å². The monoisotopic (exact) mass is 336 g/mol. The van der Waals surface area contributed by atoms with Gasteiger partial charge in [0.25, 0.3) is 0 Å². The Balaban J connectivity index is 1.59. The second-order valence-corrected chi connectivity index (χ2v) is 6.59. The van der Waals surface area contributed by atoms with Gasteiger partial charge >= 0.3 is 0 Å². The maximum atomic E-state index is 12.8. The van der Waals surface area contributed by atoms with Gasteiger partial charge in [-0.3, -0.25) is 9.69 Å². The molecule has 2 saturated heterocycles. The molecule has 0 bridgehead atoms. The van der Waals surface area contributed by atoms with Crippen LogP contribution in [0.25, 0.3) is 0 Å². The first-order valence-electron chi connectivity index (χ1n) is 8.80. The van der Waals surface area contributed by atoms with E-state index in [4.69, 9.17) is 4.74 Å². The minimum absolute atomic E-state index is 0.126. The number of amides is 1. The van der Waals surface area contributed by atoms with E-state index in [-0.39, 0.29) is 18.1 Å². The molecule has 0 unspecified atom stereocenters. The van der Waals surface area contributed by atoms with Crippen LogP contribution in [0.4, 0.5) is 0 Å². The van der Waals surface area contributed by atoms with Crippen molar-refractivity contribution in [1.82, 2.24) is 29.5 Å². The van der Waals surface area contributed by atoms with Crippen LogP contribution in [0.3, 0.4) is 0 Å². The molecule has 1 aromatic heterocycles. The number of morpholine rings is 1. The second-order valence-electron chi connectivity index (χ2n) is 6.59. The van der Waals surface area contributed by atoms with Gasteiger partial charge in [-0.15, -0.1) is 10.2 Å². The lowest BCUT2D eigenvalue weighted by Crippen LogP contribution is -2.56. The number of nitrogens with zero attached hydrogens (tertiary/aromatic N) is 6. The summed E-state index contributed by atoms with van der Waals surface area (Å²) in [5, 5.41) is 8.07. The lowest BCUT2D eigenvalue weighted by molar-refractivity contribution is -0.141. The number of rotatable bonds is 4. The van der Waals surface area contributed by atoms with Crippen LogP contribution in [0.1, 0.15) is 25.8 Å². The fraction of sp³-hybridized carbons (Fsp3) is 0.812. The quantitative estimate of drug-likeness (QED) is 0.755. The van der Waals surface area contributed by atoms with Gasteiger partial charge in [-0.1, -0.05) is 6.92 Å². The molecule has 0 spiro atoms. The third kappa shape index (κ3) is 3.60. The minimum atomic E-state index is -0.127. The summed E-state index contributed by atoms with van der Waals surface area (Å²) in [5.74, 6) is 1.04. The summed E-state index contributed by atoms with van der Waals surface area (Å²) in [6, 6.07) is -0.127. The molecule has 0 aromatic carbocycles. The molecule has 0 aliphatic carbocycles. The maximum absolute atomic E-state index is 12.8. The zero-order chi connectivity index (χ0) is 17.1. The molecule has 134 valence electrons. The average Bonchev–Trinajstić information content (AvgIpc) is 3.06. The number of hydrogen-bond donors (Lipinski definition) is 0. The van der Waals surface area contributed by atoms with E-state index in [0.29, 0.717) is 13.2 Å². The Labute approximate surface area is 143 Å². The van der Waals surface area contributed by atoms with Crippen molar-refractivity contribution >= 4 is 5.91 Å². The highest BCUT2D eigenvalue weighted by Crippen LogP contribution is 2.22. The van der Waals surface area contributed by atoms with Crippen LogP contribution in [0.2, 0.25) is 0 Å². The molecular weight excluding hydrogens is 308 g/mol. The number of aryl methyl sites for hydroxylation is 1. The molecule has 8 nitrogen and oxygen atoms in total. The number of carbonyl (C=O) groups excluding carboxylic acids is 1. The number of ether oxygens (including phenoxy) is 1. The highest BCUT2D eigenvalue weighted by molar-refractivity contribution is 5.81. The highest BCUT2D eigenvalue weighted by Gasteiger charge is 2.33. The summed E-state index contributed by atoms with van der Waals surface area (Å²) in [7, 11) is 1.92. The van der Waals surface area contributed by atoms with Crippen LogP contribution in [0.15, 0.2) is 6.33 Å². The first-order chi connectivity index (χ1) is 11.6. The molecule has 3 rings (SSSR count). The molecule has 0 radical (unpaired) electrons. The van der Waals surface area contributed by atoms with Crippen molar-refractivity contribution in [2.45, 2.75) is 26.0 Å². The van der Waals surface area contributed by atoms with Crippen LogP contribution in [-0.2, 0) is 16.6 Å². The lowest BCUT2D eigenvalue weighted by Gasteiger charge is -2.40. The number of likely N-dealkylation sites (N-methyl/N-ethyl adjacent to an activating group) is 1. The van der Waals surface area contributed by atoms with E-state index in [0.717, 1.165) is 45.1 Å². The topological polar surface area (TPSA) is 66.7 Å². The summed E-state index contributed by atoms with van der Waals surface area (Å²) < 4.78 is 7.72. The number of piperazine rings is 1. The third-order valence-corrected chi connectivity index (χ3v) is 5.17. The van der Waals surface area contributed by atoms with Crippen molar-refractivity contribution in [3.63, 3.8) is 0 Å². The Morgan fingerprint density at radius 3 is 2.71 bits per heavy atom.